The Morgan fingerprint density at radius 1 is 1.67 bits per heavy atom. The molecule has 0 aliphatic carbocycles. The molecule has 1 N–H and O–H groups in total. The van der Waals surface area contributed by atoms with Crippen LogP contribution in [0, 0.1) is 0 Å². The molecule has 0 saturated carbocycles. The van der Waals surface area contributed by atoms with Crippen molar-refractivity contribution < 1.29 is 13.5 Å². The molecule has 1 aromatic rings. The van der Waals surface area contributed by atoms with E-state index >= 15 is 0 Å². The zero-order chi connectivity index (χ0) is 11.1. The summed E-state index contributed by atoms with van der Waals surface area (Å²) in [4.78, 5) is 4.05. The van der Waals surface area contributed by atoms with Gasteiger partial charge in [-0.1, -0.05) is 0 Å². The first-order chi connectivity index (χ1) is 6.97. The Morgan fingerprint density at radius 3 is 2.93 bits per heavy atom. The molecule has 1 saturated heterocycles. The maximum Gasteiger partial charge on any atom is 0.153 e. The van der Waals surface area contributed by atoms with Gasteiger partial charge in [-0.25, -0.2) is 13.4 Å². The minimum absolute atomic E-state index is 0.0417. The van der Waals surface area contributed by atoms with Crippen molar-refractivity contribution in [3.8, 4) is 0 Å². The van der Waals surface area contributed by atoms with Gasteiger partial charge < -0.3 is 9.67 Å². The van der Waals surface area contributed by atoms with Crippen LogP contribution in [-0.4, -0.2) is 34.6 Å². The normalized spacial score (nSPS) is 29.5. The molecule has 0 amide bonds. The Bertz CT molecular complexity index is 465. The summed E-state index contributed by atoms with van der Waals surface area (Å²) >= 11 is 0. The second-order valence-electron chi connectivity index (χ2n) is 3.91. The third-order valence-electron chi connectivity index (χ3n) is 2.76. The Morgan fingerprint density at radius 2 is 2.40 bits per heavy atom. The number of hydrogen-bond donors (Lipinski definition) is 1. The van der Waals surface area contributed by atoms with Crippen LogP contribution < -0.4 is 0 Å². The van der Waals surface area contributed by atoms with Crippen LogP contribution in [0.4, 0.5) is 0 Å². The number of imidazole rings is 1. The zero-order valence-electron chi connectivity index (χ0n) is 8.55. The molecule has 0 spiro atoms. The lowest BCUT2D eigenvalue weighted by atomic mass is 10.0. The van der Waals surface area contributed by atoms with E-state index in [-0.39, 0.29) is 17.9 Å². The lowest BCUT2D eigenvalue weighted by molar-refractivity contribution is 0.0520. The molecule has 0 radical (unpaired) electrons. The fraction of sp³-hybridized carbons (Fsp3) is 0.667. The first-order valence-corrected chi connectivity index (χ1v) is 6.73. The molecule has 1 aliphatic rings. The molecular formula is C9H14N2O3S. The van der Waals surface area contributed by atoms with Gasteiger partial charge >= 0.3 is 0 Å². The van der Waals surface area contributed by atoms with Crippen molar-refractivity contribution in [1.29, 1.82) is 0 Å². The summed E-state index contributed by atoms with van der Waals surface area (Å²) in [5, 5.41) is 10.2. The molecule has 1 aliphatic heterocycles. The van der Waals surface area contributed by atoms with Gasteiger partial charge in [0, 0.05) is 18.9 Å². The average Bonchev–Trinajstić information content (AvgIpc) is 2.71. The molecule has 2 rings (SSSR count). The van der Waals surface area contributed by atoms with Gasteiger partial charge in [-0.2, -0.15) is 0 Å². The molecule has 1 unspecified atom stereocenters. The average molecular weight is 230 g/mol. The first kappa shape index (κ1) is 10.6. The van der Waals surface area contributed by atoms with Crippen LogP contribution in [-0.2, 0) is 22.0 Å². The Kier molecular flexibility index (Phi) is 2.35. The monoisotopic (exact) mass is 230 g/mol. The van der Waals surface area contributed by atoms with Gasteiger partial charge in [0.15, 0.2) is 9.84 Å². The van der Waals surface area contributed by atoms with E-state index in [0.29, 0.717) is 12.4 Å². The van der Waals surface area contributed by atoms with Crippen LogP contribution in [0.1, 0.15) is 19.2 Å². The van der Waals surface area contributed by atoms with Gasteiger partial charge in [0.25, 0.3) is 0 Å². The quantitative estimate of drug-likeness (QED) is 0.770. The van der Waals surface area contributed by atoms with Crippen LogP contribution in [0.5, 0.6) is 0 Å². The third kappa shape index (κ3) is 1.79. The maximum absolute atomic E-state index is 11.3. The summed E-state index contributed by atoms with van der Waals surface area (Å²) in [6.45, 7) is 2.61. The maximum atomic E-state index is 11.3. The first-order valence-electron chi connectivity index (χ1n) is 4.91. The standard InChI is InChI=1S/C9H14N2O3S/c1-2-11-5-4-10-8(11)9(12)3-6-15(13,14)7-9/h4-5,12H,2-3,6-7H2,1H3. The number of hydrogen-bond acceptors (Lipinski definition) is 4. The van der Waals surface area contributed by atoms with E-state index in [2.05, 4.69) is 4.98 Å². The molecule has 1 atom stereocenters. The Labute approximate surface area is 88.7 Å². The van der Waals surface area contributed by atoms with E-state index < -0.39 is 15.4 Å². The van der Waals surface area contributed by atoms with Crippen molar-refractivity contribution in [2.75, 3.05) is 11.5 Å². The van der Waals surface area contributed by atoms with E-state index in [4.69, 9.17) is 0 Å². The second-order valence-corrected chi connectivity index (χ2v) is 6.09. The van der Waals surface area contributed by atoms with Gasteiger partial charge in [-0.3, -0.25) is 0 Å². The van der Waals surface area contributed by atoms with Crippen molar-refractivity contribution in [2.24, 2.45) is 0 Å². The predicted molar refractivity (Wildman–Crippen MR) is 55.1 cm³/mol. The SMILES string of the molecule is CCn1ccnc1C1(O)CCS(=O)(=O)C1. The highest BCUT2D eigenvalue weighted by Gasteiger charge is 2.44. The summed E-state index contributed by atoms with van der Waals surface area (Å²) in [5.74, 6) is 0.294. The number of nitrogens with zero attached hydrogens (tertiary/aromatic N) is 2. The van der Waals surface area contributed by atoms with Gasteiger partial charge in [-0.15, -0.1) is 0 Å². The van der Waals surface area contributed by atoms with Gasteiger partial charge in [0.1, 0.15) is 11.4 Å². The highest BCUT2D eigenvalue weighted by atomic mass is 32.2. The molecule has 0 bridgehead atoms. The molecule has 2 heterocycles. The molecule has 5 nitrogen and oxygen atoms in total. The molecule has 1 fully saturated rings. The van der Waals surface area contributed by atoms with Crippen LogP contribution in [0.2, 0.25) is 0 Å². The lowest BCUT2D eigenvalue weighted by Crippen LogP contribution is -2.30. The van der Waals surface area contributed by atoms with E-state index in [1.54, 1.807) is 17.0 Å². The molecule has 1 aromatic heterocycles. The van der Waals surface area contributed by atoms with E-state index in [1.165, 1.54) is 0 Å². The summed E-state index contributed by atoms with van der Waals surface area (Å²) in [6, 6.07) is 0. The Hall–Kier alpha value is -0.880. The van der Waals surface area contributed by atoms with E-state index in [9.17, 15) is 13.5 Å². The third-order valence-corrected chi connectivity index (χ3v) is 4.50. The van der Waals surface area contributed by atoms with Crippen LogP contribution in [0.3, 0.4) is 0 Å². The number of aliphatic hydroxyl groups is 1. The van der Waals surface area contributed by atoms with Gasteiger partial charge in [-0.05, 0) is 13.3 Å². The van der Waals surface area contributed by atoms with Crippen molar-refractivity contribution in [1.82, 2.24) is 9.55 Å². The molecule has 15 heavy (non-hydrogen) atoms. The summed E-state index contributed by atoms with van der Waals surface area (Å²) in [6.07, 6.45) is 3.58. The summed E-state index contributed by atoms with van der Waals surface area (Å²) < 4.78 is 24.5. The van der Waals surface area contributed by atoms with Crippen molar-refractivity contribution in [3.63, 3.8) is 0 Å². The number of rotatable bonds is 2. The summed E-state index contributed by atoms with van der Waals surface area (Å²) in [7, 11) is -3.11. The highest BCUT2D eigenvalue weighted by molar-refractivity contribution is 7.91. The summed E-state index contributed by atoms with van der Waals surface area (Å²) in [5.41, 5.74) is -1.29. The fourth-order valence-corrected chi connectivity index (χ4v) is 3.77. The zero-order valence-corrected chi connectivity index (χ0v) is 9.37. The second kappa shape index (κ2) is 3.31. The van der Waals surface area contributed by atoms with Crippen LogP contribution >= 0.6 is 0 Å². The number of sulfone groups is 1. The lowest BCUT2D eigenvalue weighted by Gasteiger charge is -2.20. The fourth-order valence-electron chi connectivity index (χ4n) is 1.98. The highest BCUT2D eigenvalue weighted by Crippen LogP contribution is 2.32. The van der Waals surface area contributed by atoms with Crippen LogP contribution in [0.15, 0.2) is 12.4 Å². The molecule has 6 heteroatoms. The van der Waals surface area contributed by atoms with E-state index in [1.807, 2.05) is 6.92 Å². The largest absolute Gasteiger partial charge is 0.381 e. The smallest absolute Gasteiger partial charge is 0.153 e. The van der Waals surface area contributed by atoms with Crippen molar-refractivity contribution >= 4 is 9.84 Å². The topological polar surface area (TPSA) is 72.2 Å². The number of aryl methyl sites for hydroxylation is 1. The minimum Gasteiger partial charge on any atom is -0.381 e. The van der Waals surface area contributed by atoms with Gasteiger partial charge in [0.05, 0.1) is 11.5 Å². The van der Waals surface area contributed by atoms with Crippen molar-refractivity contribution in [2.45, 2.75) is 25.5 Å². The van der Waals surface area contributed by atoms with E-state index in [0.717, 1.165) is 0 Å². The minimum atomic E-state index is -3.11. The van der Waals surface area contributed by atoms with Crippen molar-refractivity contribution in [3.05, 3.63) is 18.2 Å². The molecular weight excluding hydrogens is 216 g/mol. The number of aromatic nitrogens is 2. The van der Waals surface area contributed by atoms with Crippen LogP contribution in [0.25, 0.3) is 0 Å². The predicted octanol–water partition coefficient (Wildman–Crippen LogP) is -0.0909. The molecule has 0 aromatic carbocycles. The van der Waals surface area contributed by atoms with Gasteiger partial charge in [0.2, 0.25) is 0 Å². The Balaban J connectivity index is 2.39. The molecule has 84 valence electrons.